The van der Waals surface area contributed by atoms with E-state index in [0.717, 1.165) is 39.1 Å². The Morgan fingerprint density at radius 2 is 1.22 bits per heavy atom. The normalized spacial score (nSPS) is 18.4. The molecule has 230 valence electrons. The average Bonchev–Trinajstić information content (AvgIpc) is 3.34. The Hall–Kier alpha value is -0.320. The third-order valence-corrected chi connectivity index (χ3v) is 5.83. The smallest absolute Gasteiger partial charge is 0.0834 e. The lowest BCUT2D eigenvalue weighted by Crippen LogP contribution is -2.19. The van der Waals surface area contributed by atoms with E-state index in [-0.39, 0.29) is 12.2 Å². The van der Waals surface area contributed by atoms with Gasteiger partial charge in [-0.1, -0.05) is 41.0 Å². The molecule has 5 unspecified atom stereocenters. The summed E-state index contributed by atoms with van der Waals surface area (Å²) in [5, 5.41) is 0. The number of hydrogen-bond donors (Lipinski definition) is 0. The Morgan fingerprint density at radius 1 is 0.703 bits per heavy atom. The van der Waals surface area contributed by atoms with Crippen molar-refractivity contribution in [2.75, 3.05) is 82.8 Å². The lowest BCUT2D eigenvalue weighted by atomic mass is 10.1. The van der Waals surface area contributed by atoms with Gasteiger partial charge in [-0.15, -0.1) is 0 Å². The predicted octanol–water partition coefficient (Wildman–Crippen LogP) is 6.04. The van der Waals surface area contributed by atoms with Gasteiger partial charge in [0.25, 0.3) is 0 Å². The van der Waals surface area contributed by atoms with Crippen LogP contribution in [-0.2, 0) is 37.9 Å². The zero-order valence-corrected chi connectivity index (χ0v) is 26.9. The maximum Gasteiger partial charge on any atom is 0.0834 e. The van der Waals surface area contributed by atoms with Gasteiger partial charge in [-0.3, -0.25) is 0 Å². The number of unbranched alkanes of at least 4 members (excludes halogenated alkanes) is 1. The van der Waals surface area contributed by atoms with Crippen LogP contribution in [0.5, 0.6) is 0 Å². The molecule has 8 heteroatoms. The molecule has 1 fully saturated rings. The number of methoxy groups -OCH3 is 7. The molecular formula is C29H66O8. The fourth-order valence-electron chi connectivity index (χ4n) is 2.66. The molecular weight excluding hydrogens is 476 g/mol. The van der Waals surface area contributed by atoms with E-state index in [4.69, 9.17) is 37.9 Å². The number of hydrogen-bond acceptors (Lipinski definition) is 8. The molecule has 0 bridgehead atoms. The Bertz CT molecular complexity index is 344. The average molecular weight is 543 g/mol. The van der Waals surface area contributed by atoms with Crippen molar-refractivity contribution in [2.24, 2.45) is 5.92 Å². The molecule has 1 aliphatic heterocycles. The van der Waals surface area contributed by atoms with Crippen LogP contribution in [-0.4, -0.2) is 107 Å². The first-order valence-corrected chi connectivity index (χ1v) is 13.9. The molecule has 0 radical (unpaired) electrons. The standard InChI is InChI=1S/C7H14O2.2C6H14O2.2C5H12O/c1-6-3-4-9-7(6)5-8-2;2*1-4-6(8-3)5-7-2;1-4-5(2)6-3;1-3-4-5-6-2/h6-7H,3-5H2,1-2H3;2*6H,4-5H2,1-3H3;5H,4H2,1-3H3;3-5H2,1-2H3. The van der Waals surface area contributed by atoms with Crippen molar-refractivity contribution < 1.29 is 37.9 Å². The summed E-state index contributed by atoms with van der Waals surface area (Å²) in [5.74, 6) is 0.685. The first-order chi connectivity index (χ1) is 17.8. The van der Waals surface area contributed by atoms with Crippen LogP contribution in [0.2, 0.25) is 0 Å². The van der Waals surface area contributed by atoms with E-state index in [9.17, 15) is 0 Å². The fourth-order valence-corrected chi connectivity index (χ4v) is 2.66. The van der Waals surface area contributed by atoms with Crippen LogP contribution in [0.4, 0.5) is 0 Å². The second-order valence-corrected chi connectivity index (χ2v) is 8.87. The Kier molecular flexibility index (Phi) is 44.7. The van der Waals surface area contributed by atoms with E-state index in [2.05, 4.69) is 41.5 Å². The summed E-state index contributed by atoms with van der Waals surface area (Å²) in [6.45, 7) is 16.6. The molecule has 1 heterocycles. The van der Waals surface area contributed by atoms with Crippen molar-refractivity contribution in [1.82, 2.24) is 0 Å². The predicted molar refractivity (Wildman–Crippen MR) is 155 cm³/mol. The van der Waals surface area contributed by atoms with Crippen molar-refractivity contribution in [1.29, 1.82) is 0 Å². The molecule has 0 aromatic heterocycles. The number of ether oxygens (including phenoxy) is 8. The lowest BCUT2D eigenvalue weighted by Gasteiger charge is -2.11. The van der Waals surface area contributed by atoms with E-state index < -0.39 is 0 Å². The zero-order valence-electron chi connectivity index (χ0n) is 26.9. The van der Waals surface area contributed by atoms with Gasteiger partial charge < -0.3 is 37.9 Å². The molecule has 0 saturated carbocycles. The maximum absolute atomic E-state index is 5.38. The molecule has 1 saturated heterocycles. The van der Waals surface area contributed by atoms with E-state index in [1.54, 1.807) is 49.8 Å². The van der Waals surface area contributed by atoms with Crippen LogP contribution in [0, 0.1) is 5.92 Å². The molecule has 0 spiro atoms. The molecule has 0 aromatic carbocycles. The Labute approximate surface area is 231 Å². The summed E-state index contributed by atoms with van der Waals surface area (Å²) in [6.07, 6.45) is 8.10. The third kappa shape index (κ3) is 35.7. The van der Waals surface area contributed by atoms with Crippen LogP contribution in [0.3, 0.4) is 0 Å². The van der Waals surface area contributed by atoms with Gasteiger partial charge in [-0.25, -0.2) is 0 Å². The second kappa shape index (κ2) is 37.8. The SMILES string of the molecule is CCC(C)OC.CCC(COC)OC.CCC(COC)OC.CCCCOC.COCC1OCCC1C. The molecule has 37 heavy (non-hydrogen) atoms. The lowest BCUT2D eigenvalue weighted by molar-refractivity contribution is 0.0234. The summed E-state index contributed by atoms with van der Waals surface area (Å²) in [4.78, 5) is 0. The first kappa shape index (κ1) is 43.7. The minimum atomic E-state index is 0.278. The highest BCUT2D eigenvalue weighted by Gasteiger charge is 2.23. The van der Waals surface area contributed by atoms with Gasteiger partial charge in [-0.05, 0) is 44.9 Å². The molecule has 0 aliphatic carbocycles. The minimum absolute atomic E-state index is 0.278. The Morgan fingerprint density at radius 3 is 1.38 bits per heavy atom. The Balaban J connectivity index is -0.000000186. The van der Waals surface area contributed by atoms with Crippen molar-refractivity contribution in [3.63, 3.8) is 0 Å². The first-order valence-electron chi connectivity index (χ1n) is 13.9. The molecule has 1 aliphatic rings. The molecule has 0 N–H and O–H groups in total. The highest BCUT2D eigenvalue weighted by Crippen LogP contribution is 2.19. The van der Waals surface area contributed by atoms with Crippen molar-refractivity contribution >= 4 is 0 Å². The second-order valence-electron chi connectivity index (χ2n) is 8.87. The zero-order chi connectivity index (χ0) is 29.3. The van der Waals surface area contributed by atoms with Gasteiger partial charge in [0.05, 0.1) is 44.2 Å². The van der Waals surface area contributed by atoms with Gasteiger partial charge in [0.1, 0.15) is 0 Å². The van der Waals surface area contributed by atoms with Crippen molar-refractivity contribution in [3.05, 3.63) is 0 Å². The van der Waals surface area contributed by atoms with Crippen LogP contribution in [0.1, 0.15) is 80.1 Å². The quantitative estimate of drug-likeness (QED) is 0.232. The van der Waals surface area contributed by atoms with E-state index in [0.29, 0.717) is 31.3 Å². The molecule has 0 aromatic rings. The molecule has 1 rings (SSSR count). The minimum Gasteiger partial charge on any atom is -0.385 e. The highest BCUT2D eigenvalue weighted by atomic mass is 16.5. The van der Waals surface area contributed by atoms with Gasteiger partial charge in [-0.2, -0.15) is 0 Å². The topological polar surface area (TPSA) is 73.8 Å². The number of rotatable bonds is 15. The van der Waals surface area contributed by atoms with E-state index in [1.807, 2.05) is 0 Å². The monoisotopic (exact) mass is 542 g/mol. The van der Waals surface area contributed by atoms with Crippen LogP contribution in [0.15, 0.2) is 0 Å². The van der Waals surface area contributed by atoms with Crippen LogP contribution in [0.25, 0.3) is 0 Å². The van der Waals surface area contributed by atoms with Gasteiger partial charge in [0.2, 0.25) is 0 Å². The summed E-state index contributed by atoms with van der Waals surface area (Å²) >= 11 is 0. The van der Waals surface area contributed by atoms with Crippen molar-refractivity contribution in [3.8, 4) is 0 Å². The van der Waals surface area contributed by atoms with Gasteiger partial charge in [0.15, 0.2) is 0 Å². The molecule has 5 atom stereocenters. The van der Waals surface area contributed by atoms with Crippen molar-refractivity contribution in [2.45, 2.75) is 104 Å². The highest BCUT2D eigenvalue weighted by molar-refractivity contribution is 4.71. The summed E-state index contributed by atoms with van der Waals surface area (Å²) < 4.78 is 39.8. The fraction of sp³-hybridized carbons (Fsp3) is 1.00. The van der Waals surface area contributed by atoms with Crippen LogP contribution >= 0.6 is 0 Å². The maximum atomic E-state index is 5.38. The molecule has 0 amide bonds. The van der Waals surface area contributed by atoms with Gasteiger partial charge >= 0.3 is 0 Å². The van der Waals surface area contributed by atoms with E-state index in [1.165, 1.54) is 19.3 Å². The summed E-state index contributed by atoms with van der Waals surface area (Å²) in [6, 6.07) is 0. The van der Waals surface area contributed by atoms with E-state index >= 15 is 0 Å². The largest absolute Gasteiger partial charge is 0.385 e. The van der Waals surface area contributed by atoms with Gasteiger partial charge in [0, 0.05) is 63.0 Å². The molecule has 8 nitrogen and oxygen atoms in total. The summed E-state index contributed by atoms with van der Waals surface area (Å²) in [5.41, 5.74) is 0. The summed E-state index contributed by atoms with van der Waals surface area (Å²) in [7, 11) is 11.9. The third-order valence-electron chi connectivity index (χ3n) is 5.83. The van der Waals surface area contributed by atoms with Crippen LogP contribution < -0.4 is 0 Å².